The Balaban J connectivity index is 2.32. The lowest BCUT2D eigenvalue weighted by atomic mass is 10.2. The number of methoxy groups -OCH3 is 1. The van der Waals surface area contributed by atoms with Gasteiger partial charge in [0, 0.05) is 19.8 Å². The first-order valence-electron chi connectivity index (χ1n) is 7.34. The maximum Gasteiger partial charge on any atom is 0.255 e. The molecule has 0 radical (unpaired) electrons. The Morgan fingerprint density at radius 3 is 2.96 bits per heavy atom. The highest BCUT2D eigenvalue weighted by molar-refractivity contribution is 5.95. The zero-order valence-corrected chi connectivity index (χ0v) is 13.6. The normalized spacial score (nSPS) is 11.6. The molecule has 0 spiro atoms. The molecule has 0 saturated carbocycles. The van der Waals surface area contributed by atoms with Gasteiger partial charge in [-0.3, -0.25) is 4.79 Å². The predicted octanol–water partition coefficient (Wildman–Crippen LogP) is 1.97. The monoisotopic (exact) mass is 315 g/mol. The molecule has 0 bridgehead atoms. The number of nitrogens with two attached hydrogens (primary N) is 1. The molecule has 0 aromatic carbocycles. The summed E-state index contributed by atoms with van der Waals surface area (Å²) in [7, 11) is 3.34. The van der Waals surface area contributed by atoms with Crippen LogP contribution in [0, 0.1) is 0 Å². The van der Waals surface area contributed by atoms with Crippen LogP contribution in [-0.2, 0) is 4.74 Å². The summed E-state index contributed by atoms with van der Waals surface area (Å²) in [6, 6.07) is 1.64. The Labute approximate surface area is 135 Å². The van der Waals surface area contributed by atoms with Gasteiger partial charge in [0.2, 0.25) is 0 Å². The third-order valence-corrected chi connectivity index (χ3v) is 3.20. The zero-order chi connectivity index (χ0) is 16.8. The molecule has 2 N–H and O–H groups in total. The topological polar surface area (TPSA) is 85.8 Å². The van der Waals surface area contributed by atoms with Gasteiger partial charge < -0.3 is 15.4 Å². The molecule has 2 aromatic rings. The SMILES string of the molecule is CCCN(C)C(=O)c1cc(N)c2nc(/C=C/C=C\OC)nn2c1. The van der Waals surface area contributed by atoms with Gasteiger partial charge >= 0.3 is 0 Å². The standard InChI is InChI=1S/C16H21N5O2/c1-4-8-20(2)16(22)12-10-13(17)15-18-14(19-21(15)11-12)7-5-6-9-23-3/h5-7,9-11H,4,8,17H2,1-3H3/b7-5+,9-6-. The van der Waals surface area contributed by atoms with Crippen LogP contribution in [0.4, 0.5) is 5.69 Å². The van der Waals surface area contributed by atoms with E-state index in [4.69, 9.17) is 10.5 Å². The fourth-order valence-electron chi connectivity index (χ4n) is 2.14. The summed E-state index contributed by atoms with van der Waals surface area (Å²) in [5, 5.41) is 4.31. The highest BCUT2D eigenvalue weighted by Crippen LogP contribution is 2.16. The van der Waals surface area contributed by atoms with Crippen molar-refractivity contribution >= 4 is 23.3 Å². The summed E-state index contributed by atoms with van der Waals surface area (Å²) >= 11 is 0. The van der Waals surface area contributed by atoms with Gasteiger partial charge in [0.1, 0.15) is 0 Å². The van der Waals surface area contributed by atoms with E-state index in [0.717, 1.165) is 6.42 Å². The third-order valence-electron chi connectivity index (χ3n) is 3.20. The van der Waals surface area contributed by atoms with Crippen LogP contribution in [0.1, 0.15) is 29.5 Å². The minimum absolute atomic E-state index is 0.0870. The first kappa shape index (κ1) is 16.5. The van der Waals surface area contributed by atoms with E-state index in [2.05, 4.69) is 10.1 Å². The molecule has 7 heteroatoms. The van der Waals surface area contributed by atoms with Crippen molar-refractivity contribution in [1.82, 2.24) is 19.5 Å². The van der Waals surface area contributed by atoms with Crippen molar-refractivity contribution < 1.29 is 9.53 Å². The van der Waals surface area contributed by atoms with Gasteiger partial charge in [0.15, 0.2) is 11.5 Å². The van der Waals surface area contributed by atoms with Crippen LogP contribution >= 0.6 is 0 Å². The van der Waals surface area contributed by atoms with Crippen LogP contribution in [0.15, 0.2) is 30.7 Å². The largest absolute Gasteiger partial charge is 0.504 e. The Morgan fingerprint density at radius 1 is 1.48 bits per heavy atom. The first-order chi connectivity index (χ1) is 11.1. The van der Waals surface area contributed by atoms with Crippen LogP contribution in [0.5, 0.6) is 0 Å². The summed E-state index contributed by atoms with van der Waals surface area (Å²) in [6.07, 6.45) is 9.30. The molecule has 23 heavy (non-hydrogen) atoms. The number of hydrogen-bond donors (Lipinski definition) is 1. The minimum Gasteiger partial charge on any atom is -0.504 e. The molecular weight excluding hydrogens is 294 g/mol. The number of carbonyl (C=O) groups is 1. The summed E-state index contributed by atoms with van der Waals surface area (Å²) in [5.74, 6) is 0.417. The molecule has 2 rings (SSSR count). The molecule has 0 fully saturated rings. The van der Waals surface area contributed by atoms with Crippen LogP contribution in [-0.4, -0.2) is 46.1 Å². The van der Waals surface area contributed by atoms with E-state index in [-0.39, 0.29) is 5.91 Å². The van der Waals surface area contributed by atoms with Crippen molar-refractivity contribution in [1.29, 1.82) is 0 Å². The molecule has 0 aliphatic carbocycles. The van der Waals surface area contributed by atoms with Crippen molar-refractivity contribution in [3.63, 3.8) is 0 Å². The molecule has 2 aromatic heterocycles. The number of fused-ring (bicyclic) bond motifs is 1. The van der Waals surface area contributed by atoms with Gasteiger partial charge in [0.25, 0.3) is 5.91 Å². The molecule has 0 atom stereocenters. The van der Waals surface area contributed by atoms with Gasteiger partial charge in [0.05, 0.1) is 24.6 Å². The van der Waals surface area contributed by atoms with Crippen LogP contribution in [0.25, 0.3) is 11.7 Å². The average molecular weight is 315 g/mol. The summed E-state index contributed by atoms with van der Waals surface area (Å²) in [4.78, 5) is 18.3. The number of pyridine rings is 1. The highest BCUT2D eigenvalue weighted by atomic mass is 16.5. The van der Waals surface area contributed by atoms with Gasteiger partial charge in [-0.1, -0.05) is 13.0 Å². The molecule has 0 unspecified atom stereocenters. The summed E-state index contributed by atoms with van der Waals surface area (Å²) < 4.78 is 6.33. The lowest BCUT2D eigenvalue weighted by molar-refractivity contribution is 0.0794. The summed E-state index contributed by atoms with van der Waals surface area (Å²) in [5.41, 5.74) is 7.44. The maximum atomic E-state index is 12.4. The Hall–Kier alpha value is -2.83. The molecule has 1 amide bonds. The molecule has 7 nitrogen and oxygen atoms in total. The number of allylic oxidation sites excluding steroid dienone is 2. The molecule has 0 aliphatic rings. The Kier molecular flexibility index (Phi) is 5.35. The second-order valence-electron chi connectivity index (χ2n) is 5.07. The van der Waals surface area contributed by atoms with Crippen molar-refractivity contribution in [3.05, 3.63) is 42.1 Å². The molecule has 122 valence electrons. The number of ether oxygens (including phenoxy) is 1. The van der Waals surface area contributed by atoms with Crippen LogP contribution in [0.2, 0.25) is 0 Å². The minimum atomic E-state index is -0.0870. The van der Waals surface area contributed by atoms with Crippen molar-refractivity contribution in [3.8, 4) is 0 Å². The van der Waals surface area contributed by atoms with Gasteiger partial charge in [-0.25, -0.2) is 9.50 Å². The molecule has 0 saturated heterocycles. The lowest BCUT2D eigenvalue weighted by Crippen LogP contribution is -2.27. The number of amides is 1. The maximum absolute atomic E-state index is 12.4. The van der Waals surface area contributed by atoms with Crippen molar-refractivity contribution in [2.75, 3.05) is 26.4 Å². The molecule has 2 heterocycles. The second kappa shape index (κ2) is 7.44. The Bertz CT molecular complexity index is 748. The van der Waals surface area contributed by atoms with Crippen molar-refractivity contribution in [2.45, 2.75) is 13.3 Å². The van der Waals surface area contributed by atoms with Crippen molar-refractivity contribution in [2.24, 2.45) is 0 Å². The van der Waals surface area contributed by atoms with E-state index in [1.54, 1.807) is 55.8 Å². The van der Waals surface area contributed by atoms with Crippen LogP contribution < -0.4 is 5.73 Å². The average Bonchev–Trinajstić information content (AvgIpc) is 2.94. The highest BCUT2D eigenvalue weighted by Gasteiger charge is 2.15. The third kappa shape index (κ3) is 3.88. The van der Waals surface area contributed by atoms with Gasteiger partial charge in [-0.2, -0.15) is 0 Å². The second-order valence-corrected chi connectivity index (χ2v) is 5.07. The predicted molar refractivity (Wildman–Crippen MR) is 89.8 cm³/mol. The van der Waals surface area contributed by atoms with E-state index < -0.39 is 0 Å². The smallest absolute Gasteiger partial charge is 0.255 e. The number of anilines is 1. The lowest BCUT2D eigenvalue weighted by Gasteiger charge is -2.16. The number of rotatable bonds is 6. The number of nitrogens with zero attached hydrogens (tertiary/aromatic N) is 4. The van der Waals surface area contributed by atoms with E-state index >= 15 is 0 Å². The first-order valence-corrected chi connectivity index (χ1v) is 7.34. The molecule has 0 aliphatic heterocycles. The number of nitrogen functional groups attached to an aromatic ring is 1. The van der Waals surface area contributed by atoms with E-state index in [1.807, 2.05) is 6.92 Å². The van der Waals surface area contributed by atoms with E-state index in [1.165, 1.54) is 4.52 Å². The van der Waals surface area contributed by atoms with Crippen LogP contribution in [0.3, 0.4) is 0 Å². The van der Waals surface area contributed by atoms with E-state index in [9.17, 15) is 4.79 Å². The fraction of sp³-hybridized carbons (Fsp3) is 0.312. The Morgan fingerprint density at radius 2 is 2.26 bits per heavy atom. The molecular formula is C16H21N5O2. The van der Waals surface area contributed by atoms with E-state index in [0.29, 0.717) is 29.3 Å². The number of carbonyl (C=O) groups excluding carboxylic acids is 1. The summed E-state index contributed by atoms with van der Waals surface area (Å²) in [6.45, 7) is 2.71. The van der Waals surface area contributed by atoms with Gasteiger partial charge in [-0.05, 0) is 24.6 Å². The number of hydrogen-bond acceptors (Lipinski definition) is 5. The van der Waals surface area contributed by atoms with Gasteiger partial charge in [-0.15, -0.1) is 5.10 Å². The number of aromatic nitrogens is 3. The zero-order valence-electron chi connectivity index (χ0n) is 13.6. The fourth-order valence-corrected chi connectivity index (χ4v) is 2.14. The quantitative estimate of drug-likeness (QED) is 0.650.